The molecule has 0 bridgehead atoms. The van der Waals surface area contributed by atoms with Gasteiger partial charge < -0.3 is 5.32 Å². The van der Waals surface area contributed by atoms with E-state index in [9.17, 15) is 9.18 Å². The number of hydrogen-bond donors (Lipinski definition) is 1. The quantitative estimate of drug-likeness (QED) is 0.420. The van der Waals surface area contributed by atoms with Gasteiger partial charge in [0.1, 0.15) is 11.5 Å². The molecule has 0 spiro atoms. The van der Waals surface area contributed by atoms with Crippen LogP contribution in [0, 0.1) is 5.82 Å². The Morgan fingerprint density at radius 3 is 2.41 bits per heavy atom. The van der Waals surface area contributed by atoms with Gasteiger partial charge in [0.15, 0.2) is 0 Å². The highest BCUT2D eigenvalue weighted by molar-refractivity contribution is 6.33. The number of benzene rings is 3. The predicted octanol–water partition coefficient (Wildman–Crippen LogP) is 6.24. The summed E-state index contributed by atoms with van der Waals surface area (Å²) in [7, 11) is 0. The topological polar surface area (TPSA) is 46.9 Å². The Kier molecular flexibility index (Phi) is 5.34. The van der Waals surface area contributed by atoms with Crippen molar-refractivity contribution in [3.8, 4) is 16.9 Å². The minimum atomic E-state index is -0.401. The Morgan fingerprint density at radius 2 is 1.69 bits per heavy atom. The summed E-state index contributed by atoms with van der Waals surface area (Å²) >= 11 is 12.4. The van der Waals surface area contributed by atoms with Gasteiger partial charge in [0.25, 0.3) is 5.91 Å². The molecule has 4 aromatic rings. The average molecular weight is 426 g/mol. The Morgan fingerprint density at radius 1 is 0.931 bits per heavy atom. The summed E-state index contributed by atoms with van der Waals surface area (Å²) in [6.07, 6.45) is 0. The highest BCUT2D eigenvalue weighted by Crippen LogP contribution is 2.29. The zero-order chi connectivity index (χ0) is 20.4. The van der Waals surface area contributed by atoms with E-state index in [0.29, 0.717) is 32.7 Å². The first kappa shape index (κ1) is 19.2. The van der Waals surface area contributed by atoms with Crippen molar-refractivity contribution in [3.05, 3.63) is 100 Å². The summed E-state index contributed by atoms with van der Waals surface area (Å²) in [4.78, 5) is 13.0. The van der Waals surface area contributed by atoms with Crippen LogP contribution in [0.25, 0.3) is 16.9 Å². The molecule has 7 heteroatoms. The van der Waals surface area contributed by atoms with Crippen LogP contribution in [0.1, 0.15) is 10.5 Å². The molecule has 0 radical (unpaired) electrons. The Hall–Kier alpha value is -3.15. The number of hydrogen-bond acceptors (Lipinski definition) is 2. The molecule has 1 aromatic heterocycles. The van der Waals surface area contributed by atoms with E-state index in [4.69, 9.17) is 23.2 Å². The van der Waals surface area contributed by atoms with Gasteiger partial charge in [-0.15, -0.1) is 0 Å². The highest BCUT2D eigenvalue weighted by atomic mass is 35.5. The van der Waals surface area contributed by atoms with E-state index in [2.05, 4.69) is 10.4 Å². The van der Waals surface area contributed by atoms with Crippen LogP contribution in [0.3, 0.4) is 0 Å². The third-order valence-corrected chi connectivity index (χ3v) is 4.81. The van der Waals surface area contributed by atoms with Crippen molar-refractivity contribution < 1.29 is 9.18 Å². The molecule has 29 heavy (non-hydrogen) atoms. The number of carbonyl (C=O) groups excluding carboxylic acids is 1. The lowest BCUT2D eigenvalue weighted by Crippen LogP contribution is -2.17. The van der Waals surface area contributed by atoms with Gasteiger partial charge >= 0.3 is 0 Å². The summed E-state index contributed by atoms with van der Waals surface area (Å²) in [5, 5.41) is 8.38. The van der Waals surface area contributed by atoms with Crippen molar-refractivity contribution in [2.45, 2.75) is 0 Å². The summed E-state index contributed by atoms with van der Waals surface area (Å²) in [6.45, 7) is 0. The number of amides is 1. The van der Waals surface area contributed by atoms with Gasteiger partial charge in [-0.2, -0.15) is 5.10 Å². The van der Waals surface area contributed by atoms with Gasteiger partial charge in [-0.25, -0.2) is 9.07 Å². The summed E-state index contributed by atoms with van der Waals surface area (Å²) < 4.78 is 14.7. The summed E-state index contributed by atoms with van der Waals surface area (Å²) in [5.41, 5.74) is 2.62. The average Bonchev–Trinajstić information content (AvgIpc) is 3.15. The lowest BCUT2D eigenvalue weighted by atomic mass is 10.1. The molecule has 1 N–H and O–H groups in total. The van der Waals surface area contributed by atoms with Crippen LogP contribution in [-0.4, -0.2) is 15.7 Å². The molecule has 0 saturated carbocycles. The Bertz CT molecular complexity index is 1190. The molecule has 0 saturated heterocycles. The first-order chi connectivity index (χ1) is 14.0. The van der Waals surface area contributed by atoms with E-state index in [1.165, 1.54) is 28.9 Å². The number of halogens is 3. The van der Waals surface area contributed by atoms with Crippen molar-refractivity contribution in [3.63, 3.8) is 0 Å². The maximum atomic E-state index is 13.1. The van der Waals surface area contributed by atoms with Crippen molar-refractivity contribution >= 4 is 34.8 Å². The van der Waals surface area contributed by atoms with E-state index >= 15 is 0 Å². The Balaban J connectivity index is 1.79. The van der Waals surface area contributed by atoms with Crippen LogP contribution >= 0.6 is 23.2 Å². The second kappa shape index (κ2) is 8.07. The summed E-state index contributed by atoms with van der Waals surface area (Å²) in [5.74, 6) is -0.782. The van der Waals surface area contributed by atoms with Gasteiger partial charge in [0.2, 0.25) is 0 Å². The molecule has 3 aromatic carbocycles. The third kappa shape index (κ3) is 4.16. The lowest BCUT2D eigenvalue weighted by molar-refractivity contribution is 0.101. The molecule has 0 aliphatic carbocycles. The van der Waals surface area contributed by atoms with Crippen molar-refractivity contribution in [1.29, 1.82) is 0 Å². The molecule has 1 heterocycles. The largest absolute Gasteiger partial charge is 0.321 e. The molecule has 0 atom stereocenters. The molecule has 0 aliphatic rings. The SMILES string of the molecule is O=C(Nc1ccc(F)cc1)c1cc(-c2ccccc2Cl)nn1-c1cccc(Cl)c1. The number of rotatable bonds is 4. The molecule has 0 fully saturated rings. The summed E-state index contributed by atoms with van der Waals surface area (Å²) in [6, 6.07) is 21.5. The number of carbonyl (C=O) groups is 1. The first-order valence-corrected chi connectivity index (χ1v) is 9.45. The second-order valence-corrected chi connectivity index (χ2v) is 7.09. The van der Waals surface area contributed by atoms with Crippen molar-refractivity contribution in [2.75, 3.05) is 5.32 Å². The minimum Gasteiger partial charge on any atom is -0.321 e. The van der Waals surface area contributed by atoms with Gasteiger partial charge in [-0.05, 0) is 54.6 Å². The van der Waals surface area contributed by atoms with Crippen LogP contribution in [0.5, 0.6) is 0 Å². The fourth-order valence-corrected chi connectivity index (χ4v) is 3.29. The number of anilines is 1. The van der Waals surface area contributed by atoms with Crippen LogP contribution in [0.4, 0.5) is 10.1 Å². The Labute approximate surface area is 176 Å². The molecular weight excluding hydrogens is 412 g/mol. The fourth-order valence-electron chi connectivity index (χ4n) is 2.88. The standard InChI is InChI=1S/C22H14Cl2FN3O/c23-14-4-3-5-17(12-14)28-21(22(29)26-16-10-8-15(25)9-11-16)13-20(27-28)18-6-1-2-7-19(18)24/h1-13H,(H,26,29). The second-order valence-electron chi connectivity index (χ2n) is 6.25. The van der Waals surface area contributed by atoms with E-state index < -0.39 is 5.91 Å². The molecular formula is C22H14Cl2FN3O. The van der Waals surface area contributed by atoms with Crippen LogP contribution in [-0.2, 0) is 0 Å². The maximum absolute atomic E-state index is 13.1. The van der Waals surface area contributed by atoms with Crippen molar-refractivity contribution in [1.82, 2.24) is 9.78 Å². The number of nitrogens with one attached hydrogen (secondary N) is 1. The predicted molar refractivity (Wildman–Crippen MR) is 113 cm³/mol. The van der Waals surface area contributed by atoms with Gasteiger partial charge in [-0.3, -0.25) is 4.79 Å². The lowest BCUT2D eigenvalue weighted by Gasteiger charge is -2.09. The molecule has 4 rings (SSSR count). The van der Waals surface area contributed by atoms with Gasteiger partial charge in [0.05, 0.1) is 16.4 Å². The highest BCUT2D eigenvalue weighted by Gasteiger charge is 2.19. The van der Waals surface area contributed by atoms with E-state index in [1.54, 1.807) is 36.4 Å². The maximum Gasteiger partial charge on any atom is 0.274 e. The van der Waals surface area contributed by atoms with Crippen molar-refractivity contribution in [2.24, 2.45) is 0 Å². The monoisotopic (exact) mass is 425 g/mol. The first-order valence-electron chi connectivity index (χ1n) is 8.69. The zero-order valence-electron chi connectivity index (χ0n) is 14.9. The zero-order valence-corrected chi connectivity index (χ0v) is 16.5. The normalized spacial score (nSPS) is 10.7. The minimum absolute atomic E-state index is 0.284. The molecule has 0 aliphatic heterocycles. The molecule has 1 amide bonds. The van der Waals surface area contributed by atoms with Gasteiger partial charge in [0, 0.05) is 16.3 Å². The molecule has 4 nitrogen and oxygen atoms in total. The van der Waals surface area contributed by atoms with E-state index in [-0.39, 0.29) is 11.5 Å². The van der Waals surface area contributed by atoms with E-state index in [0.717, 1.165) is 0 Å². The smallest absolute Gasteiger partial charge is 0.274 e. The third-order valence-electron chi connectivity index (χ3n) is 4.25. The molecule has 144 valence electrons. The number of aromatic nitrogens is 2. The van der Waals surface area contributed by atoms with Crippen LogP contribution < -0.4 is 5.32 Å². The van der Waals surface area contributed by atoms with E-state index in [1.807, 2.05) is 18.2 Å². The van der Waals surface area contributed by atoms with Gasteiger partial charge in [-0.1, -0.05) is 47.5 Å². The van der Waals surface area contributed by atoms with Crippen LogP contribution in [0.2, 0.25) is 10.0 Å². The fraction of sp³-hybridized carbons (Fsp3) is 0. The van der Waals surface area contributed by atoms with Crippen LogP contribution in [0.15, 0.2) is 78.9 Å². The molecule has 0 unspecified atom stereocenters. The number of nitrogens with zero attached hydrogens (tertiary/aromatic N) is 2.